The third kappa shape index (κ3) is 4.51. The van der Waals surface area contributed by atoms with Gasteiger partial charge in [0.15, 0.2) is 0 Å². The number of benzene rings is 1. The quantitative estimate of drug-likeness (QED) is 0.628. The smallest absolute Gasteiger partial charge is 0.227 e. The van der Waals surface area contributed by atoms with Crippen LogP contribution in [0.25, 0.3) is 5.69 Å². The number of nitrogens with zero attached hydrogens (tertiary/aromatic N) is 3. The molecular weight excluding hydrogens is 389 g/mol. The van der Waals surface area contributed by atoms with Gasteiger partial charge >= 0.3 is 0 Å². The molecule has 0 fully saturated rings. The molecular formula is C22H20FN3O2S. The molecule has 0 radical (unpaired) electrons. The van der Waals surface area contributed by atoms with Crippen LogP contribution in [0.3, 0.4) is 0 Å². The Morgan fingerprint density at radius 1 is 1.21 bits per heavy atom. The van der Waals surface area contributed by atoms with E-state index in [2.05, 4.69) is 4.98 Å². The molecule has 1 amide bonds. The van der Waals surface area contributed by atoms with Crippen molar-refractivity contribution >= 4 is 16.7 Å². The maximum atomic E-state index is 14.7. The second-order valence-electron chi connectivity index (χ2n) is 6.86. The van der Waals surface area contributed by atoms with Crippen molar-refractivity contribution in [1.82, 2.24) is 14.5 Å². The van der Waals surface area contributed by atoms with Crippen LogP contribution in [0.4, 0.5) is 4.39 Å². The van der Waals surface area contributed by atoms with Crippen molar-refractivity contribution in [2.45, 2.75) is 19.0 Å². The van der Waals surface area contributed by atoms with Crippen molar-refractivity contribution < 1.29 is 13.4 Å². The van der Waals surface area contributed by atoms with Crippen LogP contribution in [0, 0.1) is 5.82 Å². The van der Waals surface area contributed by atoms with Gasteiger partial charge in [0.1, 0.15) is 5.82 Å². The average Bonchev–Trinajstić information content (AvgIpc) is 3.40. The summed E-state index contributed by atoms with van der Waals surface area (Å²) in [6.45, 7) is 0.358. The molecule has 2 unspecified atom stereocenters. The van der Waals surface area contributed by atoms with E-state index in [9.17, 15) is 13.4 Å². The Balaban J connectivity index is 1.54. The van der Waals surface area contributed by atoms with Gasteiger partial charge < -0.3 is 9.47 Å². The summed E-state index contributed by atoms with van der Waals surface area (Å²) in [6, 6.07) is 12.0. The molecule has 1 aliphatic heterocycles. The largest absolute Gasteiger partial charge is 0.331 e. The van der Waals surface area contributed by atoms with E-state index in [0.717, 1.165) is 5.56 Å². The van der Waals surface area contributed by atoms with Crippen molar-refractivity contribution in [1.29, 1.82) is 0 Å². The summed E-state index contributed by atoms with van der Waals surface area (Å²) in [5, 5.41) is 1.62. The summed E-state index contributed by atoms with van der Waals surface area (Å²) in [7, 11) is -1.08. The molecule has 1 aliphatic rings. The number of pyridine rings is 1. The molecule has 2 aromatic heterocycles. The lowest BCUT2D eigenvalue weighted by Gasteiger charge is -2.28. The maximum absolute atomic E-state index is 14.7. The minimum Gasteiger partial charge on any atom is -0.331 e. The Hall–Kier alpha value is -3.06. The van der Waals surface area contributed by atoms with Crippen LogP contribution in [-0.4, -0.2) is 36.4 Å². The van der Waals surface area contributed by atoms with E-state index in [-0.39, 0.29) is 18.4 Å². The summed E-state index contributed by atoms with van der Waals surface area (Å²) in [5.41, 5.74) is 1.96. The number of amides is 1. The highest BCUT2D eigenvalue weighted by Crippen LogP contribution is 2.20. The number of hydrogen-bond donors (Lipinski definition) is 0. The molecule has 29 heavy (non-hydrogen) atoms. The lowest BCUT2D eigenvalue weighted by atomic mass is 10.1. The molecule has 148 valence electrons. The minimum absolute atomic E-state index is 0.0557. The topological polar surface area (TPSA) is 55.2 Å². The molecule has 4 rings (SSSR count). The van der Waals surface area contributed by atoms with Crippen LogP contribution < -0.4 is 0 Å². The normalized spacial score (nSPS) is 18.1. The zero-order valence-corrected chi connectivity index (χ0v) is 16.5. The first-order chi connectivity index (χ1) is 14.1. The van der Waals surface area contributed by atoms with Crippen molar-refractivity contribution in [3.8, 4) is 5.69 Å². The van der Waals surface area contributed by atoms with Gasteiger partial charge in [-0.25, -0.2) is 4.39 Å². The highest BCUT2D eigenvalue weighted by atomic mass is 32.2. The van der Waals surface area contributed by atoms with Gasteiger partial charge in [-0.1, -0.05) is 12.1 Å². The molecule has 3 aromatic rings. The molecule has 0 bridgehead atoms. The van der Waals surface area contributed by atoms with Gasteiger partial charge in [0, 0.05) is 53.2 Å². The van der Waals surface area contributed by atoms with Crippen LogP contribution in [0.15, 0.2) is 78.7 Å². The third-order valence-corrected chi connectivity index (χ3v) is 6.02. The standard InChI is InChI=1S/C22H20FN3O2S/c23-21-14-19(25-10-1-2-11-25)4-3-18(21)13-22(27)26(20-7-12-29(28)16-20)15-17-5-8-24-9-6-17/h1-12,14,20H,13,15-16H2. The van der Waals surface area contributed by atoms with E-state index in [0.29, 0.717) is 23.5 Å². The molecule has 5 nitrogen and oxygen atoms in total. The van der Waals surface area contributed by atoms with Gasteiger partial charge in [0.25, 0.3) is 0 Å². The molecule has 0 saturated carbocycles. The van der Waals surface area contributed by atoms with Gasteiger partial charge in [0.2, 0.25) is 5.91 Å². The SMILES string of the molecule is O=C(Cc1ccc(-n2cccc2)cc1F)N(Cc1ccncc1)C1C=CS(=O)C1. The van der Waals surface area contributed by atoms with Gasteiger partial charge in [-0.3, -0.25) is 14.0 Å². The molecule has 0 saturated heterocycles. The number of carbonyl (C=O) groups excluding carboxylic acids is 1. The maximum Gasteiger partial charge on any atom is 0.227 e. The number of rotatable bonds is 6. The summed E-state index contributed by atoms with van der Waals surface area (Å²) in [6.07, 6.45) is 8.74. The van der Waals surface area contributed by atoms with Crippen LogP contribution in [-0.2, 0) is 28.6 Å². The fourth-order valence-corrected chi connectivity index (χ4v) is 4.43. The fourth-order valence-electron chi connectivity index (χ4n) is 3.34. The summed E-state index contributed by atoms with van der Waals surface area (Å²) < 4.78 is 28.3. The number of aromatic nitrogens is 2. The molecule has 1 aromatic carbocycles. The van der Waals surface area contributed by atoms with Crippen LogP contribution in [0.1, 0.15) is 11.1 Å². The molecule has 0 N–H and O–H groups in total. The van der Waals surface area contributed by atoms with E-state index in [4.69, 9.17) is 0 Å². The molecule has 2 atom stereocenters. The molecule has 0 aliphatic carbocycles. The Morgan fingerprint density at radius 2 is 1.97 bits per heavy atom. The van der Waals surface area contributed by atoms with Crippen molar-refractivity contribution in [3.63, 3.8) is 0 Å². The Morgan fingerprint density at radius 3 is 2.62 bits per heavy atom. The highest BCUT2D eigenvalue weighted by molar-refractivity contribution is 7.88. The number of halogens is 1. The first kappa shape index (κ1) is 19.3. The van der Waals surface area contributed by atoms with Crippen LogP contribution in [0.2, 0.25) is 0 Å². The lowest BCUT2D eigenvalue weighted by molar-refractivity contribution is -0.132. The predicted octanol–water partition coefficient (Wildman–Crippen LogP) is 3.23. The fraction of sp³-hybridized carbons (Fsp3) is 0.182. The molecule has 0 spiro atoms. The zero-order valence-electron chi connectivity index (χ0n) is 15.6. The summed E-state index contributed by atoms with van der Waals surface area (Å²) in [5.74, 6) is -0.256. The summed E-state index contributed by atoms with van der Waals surface area (Å²) in [4.78, 5) is 18.7. The average molecular weight is 409 g/mol. The Bertz CT molecular complexity index is 1050. The minimum atomic E-state index is -1.08. The second-order valence-corrected chi connectivity index (χ2v) is 8.23. The first-order valence-electron chi connectivity index (χ1n) is 9.26. The van der Waals surface area contributed by atoms with Crippen LogP contribution >= 0.6 is 0 Å². The zero-order chi connectivity index (χ0) is 20.2. The van der Waals surface area contributed by atoms with Crippen molar-refractivity contribution in [3.05, 3.63) is 95.7 Å². The predicted molar refractivity (Wildman–Crippen MR) is 110 cm³/mol. The Labute approximate surface area is 171 Å². The van der Waals surface area contributed by atoms with E-state index in [1.807, 2.05) is 41.2 Å². The van der Waals surface area contributed by atoms with Crippen LogP contribution in [0.5, 0.6) is 0 Å². The molecule has 7 heteroatoms. The second kappa shape index (κ2) is 8.53. The first-order valence-corrected chi connectivity index (χ1v) is 10.6. The lowest BCUT2D eigenvalue weighted by Crippen LogP contribution is -2.41. The van der Waals surface area contributed by atoms with Crippen molar-refractivity contribution in [2.75, 3.05) is 5.75 Å². The summed E-state index contributed by atoms with van der Waals surface area (Å²) >= 11 is 0. The van der Waals surface area contributed by atoms with E-state index >= 15 is 0 Å². The van der Waals surface area contributed by atoms with Crippen molar-refractivity contribution in [2.24, 2.45) is 0 Å². The van der Waals surface area contributed by atoms with Gasteiger partial charge in [-0.05, 0) is 47.5 Å². The van der Waals surface area contributed by atoms with E-state index in [1.54, 1.807) is 40.9 Å². The number of carbonyl (C=O) groups is 1. The number of hydrogen-bond acceptors (Lipinski definition) is 3. The highest BCUT2D eigenvalue weighted by Gasteiger charge is 2.27. The van der Waals surface area contributed by atoms with E-state index in [1.165, 1.54) is 6.07 Å². The van der Waals surface area contributed by atoms with E-state index < -0.39 is 16.6 Å². The van der Waals surface area contributed by atoms with Gasteiger partial charge in [-0.15, -0.1) is 0 Å². The monoisotopic (exact) mass is 409 g/mol. The van der Waals surface area contributed by atoms with Gasteiger partial charge in [0.05, 0.1) is 18.2 Å². The Kier molecular flexibility index (Phi) is 5.67. The molecule has 3 heterocycles. The van der Waals surface area contributed by atoms with Gasteiger partial charge in [-0.2, -0.15) is 0 Å². The third-order valence-electron chi connectivity index (χ3n) is 4.89.